The Bertz CT molecular complexity index is 1330. The van der Waals surface area contributed by atoms with Crippen LogP contribution in [0.4, 0.5) is 21.9 Å². The average molecular weight is 559 g/mol. The van der Waals surface area contributed by atoms with Crippen LogP contribution in [0, 0.1) is 20.2 Å². The number of amides is 2. The number of nitrogens with one attached hydrogen (secondary N) is 1. The summed E-state index contributed by atoms with van der Waals surface area (Å²) in [6.07, 6.45) is 1.44. The summed E-state index contributed by atoms with van der Waals surface area (Å²) < 4.78 is 0. The molecule has 200 valence electrons. The summed E-state index contributed by atoms with van der Waals surface area (Å²) in [5.41, 5.74) is 2.86. The maximum atomic E-state index is 14.0. The van der Waals surface area contributed by atoms with Crippen LogP contribution in [0.1, 0.15) is 49.1 Å². The molecule has 3 aromatic carbocycles. The fourth-order valence-corrected chi connectivity index (χ4v) is 4.86. The van der Waals surface area contributed by atoms with Crippen molar-refractivity contribution in [1.29, 1.82) is 0 Å². The zero-order chi connectivity index (χ0) is 28.0. The first kappa shape index (κ1) is 28.9. The van der Waals surface area contributed by atoms with Crippen LogP contribution >= 0.6 is 23.2 Å². The molecule has 0 aliphatic heterocycles. The first-order valence-electron chi connectivity index (χ1n) is 12.2. The van der Waals surface area contributed by atoms with Crippen LogP contribution < -0.4 is 10.2 Å². The van der Waals surface area contributed by atoms with Crippen molar-refractivity contribution in [1.82, 2.24) is 0 Å². The van der Waals surface area contributed by atoms with Crippen LogP contribution in [0.5, 0.6) is 0 Å². The molecule has 0 aliphatic rings. The van der Waals surface area contributed by atoms with E-state index in [-0.39, 0.29) is 22.8 Å². The molecule has 1 N–H and O–H groups in total. The van der Waals surface area contributed by atoms with Crippen LogP contribution in [-0.4, -0.2) is 22.4 Å². The zero-order valence-corrected chi connectivity index (χ0v) is 22.8. The van der Waals surface area contributed by atoms with E-state index in [0.29, 0.717) is 33.8 Å². The molecule has 38 heavy (non-hydrogen) atoms. The lowest BCUT2D eigenvalue weighted by Crippen LogP contribution is -2.41. The number of halogens is 2. The molecule has 1 unspecified atom stereocenters. The largest absolute Gasteiger partial charge is 0.327 e. The van der Waals surface area contributed by atoms with Crippen molar-refractivity contribution >= 4 is 46.3 Å². The summed E-state index contributed by atoms with van der Waals surface area (Å²) >= 11 is 12.4. The Kier molecular flexibility index (Phi) is 9.66. The second kappa shape index (κ2) is 12.7. The maximum absolute atomic E-state index is 14.0. The van der Waals surface area contributed by atoms with Crippen molar-refractivity contribution < 1.29 is 14.6 Å². The van der Waals surface area contributed by atoms with Crippen molar-refractivity contribution in [3.8, 4) is 0 Å². The lowest BCUT2D eigenvalue weighted by molar-refractivity contribution is -0.483. The van der Waals surface area contributed by atoms with Crippen molar-refractivity contribution in [2.24, 2.45) is 0 Å². The molecular formula is C27H28Cl2N4O5. The van der Waals surface area contributed by atoms with E-state index in [1.54, 1.807) is 43.3 Å². The molecule has 0 aliphatic carbocycles. The van der Waals surface area contributed by atoms with Gasteiger partial charge in [0.15, 0.2) is 0 Å². The molecule has 0 heterocycles. The van der Waals surface area contributed by atoms with E-state index < -0.39 is 28.5 Å². The van der Waals surface area contributed by atoms with E-state index in [4.69, 9.17) is 23.2 Å². The number of rotatable bonds is 10. The SMILES string of the molecule is CCc1ccc(N(C(=O)Nc2c(CC)c(Cl)cc([N+](=O)[O-])c2CC)C(C[N+](=O)[O-])c2ccc(Cl)cc2)cc1. The molecule has 0 fully saturated rings. The fraction of sp³-hybridized carbons (Fsp3) is 0.296. The Labute approximate surface area is 230 Å². The molecule has 9 nitrogen and oxygen atoms in total. The summed E-state index contributed by atoms with van der Waals surface area (Å²) in [5.74, 6) is 0. The third kappa shape index (κ3) is 6.41. The Balaban J connectivity index is 2.20. The fourth-order valence-electron chi connectivity index (χ4n) is 4.40. The number of urea groups is 1. The van der Waals surface area contributed by atoms with Gasteiger partial charge >= 0.3 is 6.03 Å². The summed E-state index contributed by atoms with van der Waals surface area (Å²) in [4.78, 5) is 37.8. The highest BCUT2D eigenvalue weighted by Gasteiger charge is 2.33. The van der Waals surface area contributed by atoms with E-state index in [1.165, 1.54) is 11.0 Å². The number of benzene rings is 3. The lowest BCUT2D eigenvalue weighted by atomic mass is 10.0. The molecule has 0 bridgehead atoms. The molecule has 0 saturated heterocycles. The van der Waals surface area contributed by atoms with Gasteiger partial charge in [0.1, 0.15) is 6.04 Å². The van der Waals surface area contributed by atoms with Crippen LogP contribution in [-0.2, 0) is 19.3 Å². The Morgan fingerprint density at radius 3 is 2.03 bits per heavy atom. The van der Waals surface area contributed by atoms with Crippen molar-refractivity contribution in [3.63, 3.8) is 0 Å². The first-order valence-corrected chi connectivity index (χ1v) is 12.9. The number of nitro benzene ring substituents is 1. The van der Waals surface area contributed by atoms with Gasteiger partial charge in [0.2, 0.25) is 6.54 Å². The molecular weight excluding hydrogens is 531 g/mol. The van der Waals surface area contributed by atoms with Gasteiger partial charge in [-0.15, -0.1) is 0 Å². The molecule has 0 saturated carbocycles. The Hall–Kier alpha value is -3.69. The molecule has 0 spiro atoms. The third-order valence-electron chi connectivity index (χ3n) is 6.33. The number of carbonyl (C=O) groups is 1. The minimum atomic E-state index is -1.00. The van der Waals surface area contributed by atoms with Gasteiger partial charge in [-0.2, -0.15) is 0 Å². The second-order valence-electron chi connectivity index (χ2n) is 8.58. The smallest absolute Gasteiger partial charge is 0.307 e. The second-order valence-corrected chi connectivity index (χ2v) is 9.42. The molecule has 2 amide bonds. The van der Waals surface area contributed by atoms with Crippen LogP contribution in [0.25, 0.3) is 0 Å². The predicted octanol–water partition coefficient (Wildman–Crippen LogP) is 7.65. The molecule has 0 aromatic heterocycles. The normalized spacial score (nSPS) is 11.6. The minimum Gasteiger partial charge on any atom is -0.307 e. The van der Waals surface area contributed by atoms with Crippen LogP contribution in [0.2, 0.25) is 10.0 Å². The number of aryl methyl sites for hydroxylation is 1. The zero-order valence-electron chi connectivity index (χ0n) is 21.2. The minimum absolute atomic E-state index is 0.157. The summed E-state index contributed by atoms with van der Waals surface area (Å²) in [6.45, 7) is 4.98. The number of anilines is 2. The van der Waals surface area contributed by atoms with Crippen molar-refractivity contribution in [2.75, 3.05) is 16.8 Å². The number of carbonyl (C=O) groups excluding carboxylic acids is 1. The molecule has 1 atom stereocenters. The highest BCUT2D eigenvalue weighted by Crippen LogP contribution is 2.38. The van der Waals surface area contributed by atoms with E-state index >= 15 is 0 Å². The molecule has 0 radical (unpaired) electrons. The van der Waals surface area contributed by atoms with Crippen molar-refractivity contribution in [2.45, 2.75) is 46.1 Å². The number of hydrogen-bond donors (Lipinski definition) is 1. The quantitative estimate of drug-likeness (QED) is 0.202. The molecule has 3 aromatic rings. The highest BCUT2D eigenvalue weighted by atomic mass is 35.5. The highest BCUT2D eigenvalue weighted by molar-refractivity contribution is 6.32. The van der Waals surface area contributed by atoms with Gasteiger partial charge in [-0.25, -0.2) is 4.79 Å². The van der Waals surface area contributed by atoms with Gasteiger partial charge in [-0.05, 0) is 60.2 Å². The Morgan fingerprint density at radius 2 is 1.53 bits per heavy atom. The van der Waals surface area contributed by atoms with E-state index in [9.17, 15) is 25.0 Å². The predicted molar refractivity (Wildman–Crippen MR) is 150 cm³/mol. The van der Waals surface area contributed by atoms with Gasteiger partial charge in [-0.1, -0.05) is 68.2 Å². The average Bonchev–Trinajstić information content (AvgIpc) is 2.88. The van der Waals surface area contributed by atoms with Gasteiger partial charge in [0, 0.05) is 21.7 Å². The van der Waals surface area contributed by atoms with Gasteiger partial charge in [0.25, 0.3) is 5.69 Å². The standard InChI is InChI=1S/C27H28Cl2N4O5/c1-4-17-7-13-20(14-8-17)32(25(16-31(35)36)18-9-11-19(28)12-10-18)27(34)30-26-21(5-2)23(29)15-24(33(37)38)22(26)6-3/h7-15,25H,4-6,16H2,1-3H3,(H,30,34). The summed E-state index contributed by atoms with van der Waals surface area (Å²) in [7, 11) is 0. The van der Waals surface area contributed by atoms with Gasteiger partial charge in [0.05, 0.1) is 21.2 Å². The molecule has 11 heteroatoms. The number of hydrogen-bond acceptors (Lipinski definition) is 5. The number of nitro groups is 2. The van der Waals surface area contributed by atoms with Crippen molar-refractivity contribution in [3.05, 3.63) is 107 Å². The topological polar surface area (TPSA) is 119 Å². The van der Waals surface area contributed by atoms with Gasteiger partial charge in [-0.3, -0.25) is 25.1 Å². The third-order valence-corrected chi connectivity index (χ3v) is 6.92. The van der Waals surface area contributed by atoms with Gasteiger partial charge < -0.3 is 5.32 Å². The summed E-state index contributed by atoms with van der Waals surface area (Å²) in [5, 5.41) is 27.0. The van der Waals surface area contributed by atoms with Crippen LogP contribution in [0.3, 0.4) is 0 Å². The van der Waals surface area contributed by atoms with Crippen LogP contribution in [0.15, 0.2) is 54.6 Å². The Morgan fingerprint density at radius 1 is 0.921 bits per heavy atom. The molecule has 3 rings (SSSR count). The number of nitrogens with zero attached hydrogens (tertiary/aromatic N) is 3. The summed E-state index contributed by atoms with van der Waals surface area (Å²) in [6, 6.07) is 13.2. The monoisotopic (exact) mass is 558 g/mol. The van der Waals surface area contributed by atoms with E-state index in [1.807, 2.05) is 26.0 Å². The first-order chi connectivity index (χ1) is 18.1. The lowest BCUT2D eigenvalue weighted by Gasteiger charge is -2.31. The maximum Gasteiger partial charge on any atom is 0.327 e. The van der Waals surface area contributed by atoms with E-state index in [2.05, 4.69) is 5.32 Å². The van der Waals surface area contributed by atoms with E-state index in [0.717, 1.165) is 12.0 Å².